The van der Waals surface area contributed by atoms with Crippen molar-refractivity contribution in [2.75, 3.05) is 6.61 Å². The zero-order valence-electron chi connectivity index (χ0n) is 20.1. The second kappa shape index (κ2) is 12.6. The molecule has 0 aliphatic rings. The fraction of sp³-hybridized carbons (Fsp3) is 0.286. The average molecular weight is 513 g/mol. The molecule has 0 aromatic heterocycles. The molecule has 0 aliphatic heterocycles. The first-order valence-corrected chi connectivity index (χ1v) is 12.3. The van der Waals surface area contributed by atoms with Crippen molar-refractivity contribution in [1.82, 2.24) is 10.2 Å². The van der Waals surface area contributed by atoms with E-state index in [1.54, 1.807) is 35.2 Å². The molecule has 0 aliphatic carbocycles. The standard InChI is InChI=1S/C28H30Cl2N2O3/c1-19(2)31-28(34)26(16-21-7-5-4-6-8-21)32(17-22-9-11-23(29)12-10-22)27(33)18-35-24-13-14-25(30)20(3)15-24/h4-15,19,26H,16-18H2,1-3H3,(H,31,34)/t26-/m0/s1. The second-order valence-electron chi connectivity index (χ2n) is 8.72. The number of rotatable bonds is 10. The SMILES string of the molecule is Cc1cc(OCC(=O)N(Cc2ccc(Cl)cc2)[C@@H](Cc2ccccc2)C(=O)NC(C)C)ccc1Cl. The monoisotopic (exact) mass is 512 g/mol. The minimum atomic E-state index is -0.724. The molecule has 184 valence electrons. The van der Waals surface area contributed by atoms with Gasteiger partial charge < -0.3 is 15.0 Å². The van der Waals surface area contributed by atoms with Gasteiger partial charge in [-0.05, 0) is 67.8 Å². The van der Waals surface area contributed by atoms with Crippen LogP contribution in [0.2, 0.25) is 10.0 Å². The highest BCUT2D eigenvalue weighted by atomic mass is 35.5. The summed E-state index contributed by atoms with van der Waals surface area (Å²) in [4.78, 5) is 28.4. The minimum absolute atomic E-state index is 0.0680. The molecule has 0 heterocycles. The summed E-state index contributed by atoms with van der Waals surface area (Å²) in [6.45, 7) is 5.69. The lowest BCUT2D eigenvalue weighted by Crippen LogP contribution is -2.52. The Morgan fingerprint density at radius 1 is 0.943 bits per heavy atom. The predicted molar refractivity (Wildman–Crippen MR) is 141 cm³/mol. The van der Waals surface area contributed by atoms with Crippen LogP contribution in [0, 0.1) is 6.92 Å². The molecule has 0 unspecified atom stereocenters. The van der Waals surface area contributed by atoms with E-state index in [1.165, 1.54) is 0 Å². The number of nitrogens with zero attached hydrogens (tertiary/aromatic N) is 1. The molecule has 5 nitrogen and oxygen atoms in total. The van der Waals surface area contributed by atoms with Crippen LogP contribution in [0.3, 0.4) is 0 Å². The van der Waals surface area contributed by atoms with Crippen molar-refractivity contribution in [2.45, 2.75) is 45.8 Å². The lowest BCUT2D eigenvalue weighted by molar-refractivity contribution is -0.143. The number of amides is 2. The van der Waals surface area contributed by atoms with E-state index in [9.17, 15) is 9.59 Å². The molecular formula is C28H30Cl2N2O3. The summed E-state index contributed by atoms with van der Waals surface area (Å²) in [7, 11) is 0. The highest BCUT2D eigenvalue weighted by Gasteiger charge is 2.31. The summed E-state index contributed by atoms with van der Waals surface area (Å²) in [6.07, 6.45) is 0.374. The molecule has 0 saturated carbocycles. The van der Waals surface area contributed by atoms with Crippen LogP contribution in [0.4, 0.5) is 0 Å². The Balaban J connectivity index is 1.90. The number of aryl methyl sites for hydroxylation is 1. The van der Waals surface area contributed by atoms with Crippen LogP contribution >= 0.6 is 23.2 Å². The molecular weight excluding hydrogens is 483 g/mol. The Kier molecular flexibility index (Phi) is 9.58. The van der Waals surface area contributed by atoms with Gasteiger partial charge >= 0.3 is 0 Å². The number of carbonyl (C=O) groups excluding carboxylic acids is 2. The van der Waals surface area contributed by atoms with E-state index in [0.29, 0.717) is 22.2 Å². The lowest BCUT2D eigenvalue weighted by Gasteiger charge is -2.32. The van der Waals surface area contributed by atoms with Crippen LogP contribution in [0.25, 0.3) is 0 Å². The van der Waals surface area contributed by atoms with Gasteiger partial charge in [-0.25, -0.2) is 0 Å². The molecule has 0 saturated heterocycles. The Morgan fingerprint density at radius 2 is 1.63 bits per heavy atom. The van der Waals surface area contributed by atoms with Crippen molar-refractivity contribution in [3.05, 3.63) is 99.5 Å². The maximum absolute atomic E-state index is 13.5. The van der Waals surface area contributed by atoms with Gasteiger partial charge in [-0.15, -0.1) is 0 Å². The number of benzene rings is 3. The average Bonchev–Trinajstić information content (AvgIpc) is 2.83. The first-order chi connectivity index (χ1) is 16.7. The zero-order valence-corrected chi connectivity index (χ0v) is 21.6. The van der Waals surface area contributed by atoms with Gasteiger partial charge in [0.05, 0.1) is 0 Å². The molecule has 0 bridgehead atoms. The van der Waals surface area contributed by atoms with Gasteiger partial charge in [0.1, 0.15) is 11.8 Å². The Morgan fingerprint density at radius 3 is 2.26 bits per heavy atom. The molecule has 3 aromatic carbocycles. The molecule has 0 radical (unpaired) electrons. The number of carbonyl (C=O) groups is 2. The van der Waals surface area contributed by atoms with Crippen molar-refractivity contribution in [1.29, 1.82) is 0 Å². The van der Waals surface area contributed by atoms with Gasteiger partial charge in [0, 0.05) is 29.1 Å². The molecule has 0 spiro atoms. The number of halogens is 2. The summed E-state index contributed by atoms with van der Waals surface area (Å²) in [5.41, 5.74) is 2.67. The highest BCUT2D eigenvalue weighted by molar-refractivity contribution is 6.31. The molecule has 35 heavy (non-hydrogen) atoms. The van der Waals surface area contributed by atoms with Crippen molar-refractivity contribution in [2.24, 2.45) is 0 Å². The summed E-state index contributed by atoms with van der Waals surface area (Å²) < 4.78 is 5.80. The van der Waals surface area contributed by atoms with E-state index in [2.05, 4.69) is 5.32 Å². The van der Waals surface area contributed by atoms with Crippen molar-refractivity contribution in [3.63, 3.8) is 0 Å². The van der Waals surface area contributed by atoms with Crippen LogP contribution in [0.5, 0.6) is 5.75 Å². The third-order valence-electron chi connectivity index (χ3n) is 5.46. The van der Waals surface area contributed by atoms with E-state index in [4.69, 9.17) is 27.9 Å². The van der Waals surface area contributed by atoms with Crippen molar-refractivity contribution >= 4 is 35.0 Å². The van der Waals surface area contributed by atoms with Crippen LogP contribution in [-0.4, -0.2) is 35.4 Å². The molecule has 7 heteroatoms. The molecule has 1 atom stereocenters. The molecule has 1 N–H and O–H groups in total. The number of hydrogen-bond acceptors (Lipinski definition) is 3. The van der Waals surface area contributed by atoms with E-state index in [0.717, 1.165) is 16.7 Å². The first-order valence-electron chi connectivity index (χ1n) is 11.5. The van der Waals surface area contributed by atoms with Gasteiger partial charge in [0.25, 0.3) is 5.91 Å². The van der Waals surface area contributed by atoms with Crippen LogP contribution in [-0.2, 0) is 22.6 Å². The Bertz CT molecular complexity index is 1130. The summed E-state index contributed by atoms with van der Waals surface area (Å²) in [5, 5.41) is 4.20. The zero-order chi connectivity index (χ0) is 25.4. The van der Waals surface area contributed by atoms with Gasteiger partial charge in [0.15, 0.2) is 6.61 Å². The third kappa shape index (κ3) is 8.01. The molecule has 3 rings (SSSR count). The van der Waals surface area contributed by atoms with E-state index < -0.39 is 6.04 Å². The largest absolute Gasteiger partial charge is 0.484 e. The molecule has 2 amide bonds. The maximum atomic E-state index is 13.5. The lowest BCUT2D eigenvalue weighted by atomic mass is 10.0. The quantitative estimate of drug-likeness (QED) is 0.370. The van der Waals surface area contributed by atoms with E-state index >= 15 is 0 Å². The van der Waals surface area contributed by atoms with Gasteiger partial charge in [-0.3, -0.25) is 9.59 Å². The number of ether oxygens (including phenoxy) is 1. The Labute approximate surface area is 217 Å². The first kappa shape index (κ1) is 26.6. The smallest absolute Gasteiger partial charge is 0.261 e. The van der Waals surface area contributed by atoms with Crippen LogP contribution < -0.4 is 10.1 Å². The Hall–Kier alpha value is -3.02. The fourth-order valence-electron chi connectivity index (χ4n) is 3.66. The van der Waals surface area contributed by atoms with Crippen molar-refractivity contribution < 1.29 is 14.3 Å². The summed E-state index contributed by atoms with van der Waals surface area (Å²) in [6, 6.07) is 21.4. The minimum Gasteiger partial charge on any atom is -0.484 e. The van der Waals surface area contributed by atoms with Crippen LogP contribution in [0.15, 0.2) is 72.8 Å². The fourth-order valence-corrected chi connectivity index (χ4v) is 3.90. The highest BCUT2D eigenvalue weighted by Crippen LogP contribution is 2.22. The van der Waals surface area contributed by atoms with Gasteiger partial charge in [0.2, 0.25) is 5.91 Å². The molecule has 0 fully saturated rings. The normalized spacial score (nSPS) is 11.7. The van der Waals surface area contributed by atoms with Crippen LogP contribution in [0.1, 0.15) is 30.5 Å². The van der Waals surface area contributed by atoms with Gasteiger partial charge in [-0.2, -0.15) is 0 Å². The predicted octanol–water partition coefficient (Wildman–Crippen LogP) is 5.85. The topological polar surface area (TPSA) is 58.6 Å². The van der Waals surface area contributed by atoms with E-state index in [-0.39, 0.29) is 31.0 Å². The second-order valence-corrected chi connectivity index (χ2v) is 9.56. The van der Waals surface area contributed by atoms with E-state index in [1.807, 2.05) is 63.2 Å². The van der Waals surface area contributed by atoms with Crippen molar-refractivity contribution in [3.8, 4) is 5.75 Å². The number of hydrogen-bond donors (Lipinski definition) is 1. The summed E-state index contributed by atoms with van der Waals surface area (Å²) in [5.74, 6) is 0.0267. The summed E-state index contributed by atoms with van der Waals surface area (Å²) >= 11 is 12.2. The molecule has 3 aromatic rings. The third-order valence-corrected chi connectivity index (χ3v) is 6.14. The van der Waals surface area contributed by atoms with Gasteiger partial charge in [-0.1, -0.05) is 65.7 Å². The number of nitrogens with one attached hydrogen (secondary N) is 1. The maximum Gasteiger partial charge on any atom is 0.261 e.